The Hall–Kier alpha value is -0.640. The molecule has 108 valence electrons. The summed E-state index contributed by atoms with van der Waals surface area (Å²) in [6.07, 6.45) is 7.61. The quantitative estimate of drug-likeness (QED) is 0.789. The fraction of sp³-hybridized carbons (Fsp3) is 0.867. The van der Waals surface area contributed by atoms with Crippen LogP contribution in [0.1, 0.15) is 58.8 Å². The van der Waals surface area contributed by atoms with Crippen LogP contribution in [0.2, 0.25) is 0 Å². The maximum atomic E-state index is 12.8. The van der Waals surface area contributed by atoms with Crippen LogP contribution in [-0.4, -0.2) is 28.4 Å². The molecule has 0 aromatic heterocycles. The highest BCUT2D eigenvalue weighted by Gasteiger charge is 2.42. The van der Waals surface area contributed by atoms with E-state index in [0.717, 1.165) is 25.7 Å². The molecular weight excluding hydrogens is 256 g/mol. The van der Waals surface area contributed by atoms with E-state index in [1.54, 1.807) is 0 Å². The van der Waals surface area contributed by atoms with Crippen molar-refractivity contribution in [1.82, 2.24) is 4.90 Å². The highest BCUT2D eigenvalue weighted by molar-refractivity contribution is 7.80. The average molecular weight is 282 g/mol. The van der Waals surface area contributed by atoms with Crippen LogP contribution in [0.3, 0.4) is 0 Å². The molecule has 2 N–H and O–H groups in total. The summed E-state index contributed by atoms with van der Waals surface area (Å²) in [5.74, 6) is 0.539. The molecule has 2 rings (SSSR count). The van der Waals surface area contributed by atoms with Crippen LogP contribution in [0.5, 0.6) is 0 Å². The molecule has 4 heteroatoms. The molecule has 0 aromatic carbocycles. The van der Waals surface area contributed by atoms with E-state index in [4.69, 9.17) is 18.0 Å². The summed E-state index contributed by atoms with van der Waals surface area (Å²) in [5.41, 5.74) is 5.73. The van der Waals surface area contributed by atoms with E-state index in [1.807, 2.05) is 0 Å². The first-order valence-corrected chi connectivity index (χ1v) is 7.91. The van der Waals surface area contributed by atoms with Crippen molar-refractivity contribution in [3.63, 3.8) is 0 Å². The van der Waals surface area contributed by atoms with Crippen molar-refractivity contribution < 1.29 is 4.79 Å². The van der Waals surface area contributed by atoms with Gasteiger partial charge in [0.15, 0.2) is 0 Å². The lowest BCUT2D eigenvalue weighted by molar-refractivity contribution is -0.141. The molecule has 1 atom stereocenters. The molecule has 1 unspecified atom stereocenters. The fourth-order valence-electron chi connectivity index (χ4n) is 3.24. The minimum Gasteiger partial charge on any atom is -0.393 e. The molecule has 2 aliphatic rings. The summed E-state index contributed by atoms with van der Waals surface area (Å²) in [6, 6.07) is 0.458. The molecule has 2 aliphatic carbocycles. The standard InChI is InChI=1S/C15H26N2OS/c1-15(2)9-4-3-5-12(15)14(18)17(11-6-7-11)10-8-13(16)19/h11-12H,3-10H2,1-2H3,(H2,16,19). The van der Waals surface area contributed by atoms with Crippen molar-refractivity contribution in [3.8, 4) is 0 Å². The van der Waals surface area contributed by atoms with Crippen molar-refractivity contribution >= 4 is 23.1 Å². The van der Waals surface area contributed by atoms with Gasteiger partial charge in [0, 0.05) is 24.9 Å². The number of amides is 1. The predicted molar refractivity (Wildman–Crippen MR) is 81.9 cm³/mol. The minimum atomic E-state index is 0.145. The molecule has 2 fully saturated rings. The van der Waals surface area contributed by atoms with Crippen LogP contribution < -0.4 is 5.73 Å². The molecule has 3 nitrogen and oxygen atoms in total. The monoisotopic (exact) mass is 282 g/mol. The lowest BCUT2D eigenvalue weighted by Crippen LogP contribution is -2.45. The van der Waals surface area contributed by atoms with Crippen LogP contribution in [0, 0.1) is 11.3 Å². The van der Waals surface area contributed by atoms with E-state index in [-0.39, 0.29) is 11.3 Å². The van der Waals surface area contributed by atoms with Crippen molar-refractivity contribution in [3.05, 3.63) is 0 Å². The Morgan fingerprint density at radius 2 is 2.00 bits per heavy atom. The van der Waals surface area contributed by atoms with Gasteiger partial charge >= 0.3 is 0 Å². The number of nitrogens with zero attached hydrogens (tertiary/aromatic N) is 1. The normalized spacial score (nSPS) is 25.9. The van der Waals surface area contributed by atoms with Gasteiger partial charge in [0.05, 0.1) is 4.99 Å². The zero-order valence-corrected chi connectivity index (χ0v) is 13.0. The van der Waals surface area contributed by atoms with E-state index in [2.05, 4.69) is 18.7 Å². The molecule has 19 heavy (non-hydrogen) atoms. The highest BCUT2D eigenvalue weighted by atomic mass is 32.1. The van der Waals surface area contributed by atoms with Gasteiger partial charge in [-0.2, -0.15) is 0 Å². The van der Waals surface area contributed by atoms with Crippen LogP contribution in [-0.2, 0) is 4.79 Å². The molecule has 0 bridgehead atoms. The number of carbonyl (C=O) groups is 1. The summed E-state index contributed by atoms with van der Waals surface area (Å²) in [7, 11) is 0. The molecule has 0 radical (unpaired) electrons. The number of rotatable bonds is 5. The van der Waals surface area contributed by atoms with Gasteiger partial charge in [-0.3, -0.25) is 4.79 Å². The summed E-state index contributed by atoms with van der Waals surface area (Å²) >= 11 is 4.95. The third kappa shape index (κ3) is 3.68. The van der Waals surface area contributed by atoms with Crippen LogP contribution in [0.4, 0.5) is 0 Å². The van der Waals surface area contributed by atoms with Crippen molar-refractivity contribution in [2.75, 3.05) is 6.54 Å². The lowest BCUT2D eigenvalue weighted by atomic mass is 9.68. The second-order valence-corrected chi connectivity index (χ2v) is 7.29. The molecular formula is C15H26N2OS. The average Bonchev–Trinajstić information content (AvgIpc) is 3.12. The second kappa shape index (κ2) is 5.78. The second-order valence-electron chi connectivity index (χ2n) is 6.77. The minimum absolute atomic E-state index is 0.145. The number of hydrogen-bond donors (Lipinski definition) is 1. The summed E-state index contributed by atoms with van der Waals surface area (Å²) < 4.78 is 0. The van der Waals surface area contributed by atoms with Gasteiger partial charge in [0.1, 0.15) is 0 Å². The van der Waals surface area contributed by atoms with Gasteiger partial charge in [0.25, 0.3) is 0 Å². The Labute approximate surface area is 121 Å². The summed E-state index contributed by atoms with van der Waals surface area (Å²) in [5, 5.41) is 0. The molecule has 0 aliphatic heterocycles. The van der Waals surface area contributed by atoms with Gasteiger partial charge in [-0.15, -0.1) is 0 Å². The van der Waals surface area contributed by atoms with E-state index in [1.165, 1.54) is 12.8 Å². The molecule has 0 heterocycles. The molecule has 1 amide bonds. The highest BCUT2D eigenvalue weighted by Crippen LogP contribution is 2.42. The smallest absolute Gasteiger partial charge is 0.226 e. The van der Waals surface area contributed by atoms with Crippen molar-refractivity contribution in [2.45, 2.75) is 64.8 Å². The largest absolute Gasteiger partial charge is 0.393 e. The SMILES string of the molecule is CC1(C)CCCCC1C(=O)N(CCC(N)=S)C1CC1. The maximum Gasteiger partial charge on any atom is 0.226 e. The van der Waals surface area contributed by atoms with E-state index < -0.39 is 0 Å². The summed E-state index contributed by atoms with van der Waals surface area (Å²) in [4.78, 5) is 15.4. The van der Waals surface area contributed by atoms with Crippen molar-refractivity contribution in [2.24, 2.45) is 17.1 Å². The van der Waals surface area contributed by atoms with E-state index in [9.17, 15) is 4.79 Å². The van der Waals surface area contributed by atoms with Gasteiger partial charge in [-0.1, -0.05) is 38.9 Å². The van der Waals surface area contributed by atoms with Crippen LogP contribution in [0.25, 0.3) is 0 Å². The maximum absolute atomic E-state index is 12.8. The first-order chi connectivity index (χ1) is 8.92. The first-order valence-electron chi connectivity index (χ1n) is 7.50. The lowest BCUT2D eigenvalue weighted by Gasteiger charge is -2.40. The van der Waals surface area contributed by atoms with Gasteiger partial charge in [-0.25, -0.2) is 0 Å². The predicted octanol–water partition coefficient (Wildman–Crippen LogP) is 2.87. The van der Waals surface area contributed by atoms with Crippen LogP contribution in [0.15, 0.2) is 0 Å². The Balaban J connectivity index is 2.03. The summed E-state index contributed by atoms with van der Waals surface area (Å²) in [6.45, 7) is 5.20. The number of nitrogens with two attached hydrogens (primary N) is 1. The number of thiocarbonyl (C=S) groups is 1. The van der Waals surface area contributed by atoms with Gasteiger partial charge < -0.3 is 10.6 Å². The van der Waals surface area contributed by atoms with Crippen molar-refractivity contribution in [1.29, 1.82) is 0 Å². The first kappa shape index (κ1) is 14.8. The Kier molecular flexibility index (Phi) is 4.49. The molecule has 0 aromatic rings. The molecule has 2 saturated carbocycles. The third-order valence-electron chi connectivity index (χ3n) is 4.68. The zero-order valence-electron chi connectivity index (χ0n) is 12.2. The zero-order chi connectivity index (χ0) is 14.0. The number of hydrogen-bond acceptors (Lipinski definition) is 2. The number of carbonyl (C=O) groups excluding carboxylic acids is 1. The van der Waals surface area contributed by atoms with E-state index in [0.29, 0.717) is 29.9 Å². The Morgan fingerprint density at radius 1 is 1.32 bits per heavy atom. The van der Waals surface area contributed by atoms with E-state index >= 15 is 0 Å². The fourth-order valence-corrected chi connectivity index (χ4v) is 3.33. The van der Waals surface area contributed by atoms with Crippen LogP contribution >= 0.6 is 12.2 Å². The topological polar surface area (TPSA) is 46.3 Å². The van der Waals surface area contributed by atoms with Gasteiger partial charge in [-0.05, 0) is 31.1 Å². The molecule has 0 saturated heterocycles. The third-order valence-corrected chi connectivity index (χ3v) is 4.88. The van der Waals surface area contributed by atoms with Gasteiger partial charge in [0.2, 0.25) is 5.91 Å². The molecule has 0 spiro atoms. The Bertz CT molecular complexity index is 363. The Morgan fingerprint density at radius 3 is 2.53 bits per heavy atom.